The molecular formula is C90H150O43. The van der Waals surface area contributed by atoms with Gasteiger partial charge in [0.25, 0.3) is 0 Å². The zero-order chi connectivity index (χ0) is 97.0. The highest BCUT2D eigenvalue weighted by molar-refractivity contribution is 5.76. The zero-order valence-corrected chi connectivity index (χ0v) is 77.1. The number of unbranched alkanes of at least 4 members (excludes halogenated alkanes) is 7. The average Bonchev–Trinajstić information content (AvgIpc) is 0.823. The van der Waals surface area contributed by atoms with E-state index in [2.05, 4.69) is 26.8 Å². The maximum absolute atomic E-state index is 15.8. The largest absolute Gasteiger partial charge is 0.455 e. The van der Waals surface area contributed by atoms with E-state index in [1.54, 1.807) is 13.8 Å². The first-order valence-corrected chi connectivity index (χ1v) is 47.6. The maximum atomic E-state index is 15.8. The second-order valence-corrected chi connectivity index (χ2v) is 41.9. The monoisotopic (exact) mass is 1920 g/mol. The highest BCUT2D eigenvalue weighted by Gasteiger charge is 2.73. The van der Waals surface area contributed by atoms with Crippen LogP contribution in [0.5, 0.6) is 0 Å². The summed E-state index contributed by atoms with van der Waals surface area (Å²) in [6.45, 7) is 12.9. The molecule has 5 aliphatic carbocycles. The lowest BCUT2D eigenvalue weighted by molar-refractivity contribution is -0.375. The Labute approximate surface area is 772 Å². The number of carbonyl (C=O) groups is 2. The molecule has 8 heterocycles. The molecule has 48 atom stereocenters. The fourth-order valence-electron chi connectivity index (χ4n) is 23.9. The van der Waals surface area contributed by atoms with Crippen LogP contribution < -0.4 is 0 Å². The lowest BCUT2D eigenvalue weighted by Crippen LogP contribution is -2.70. The predicted octanol–water partition coefficient (Wildman–Crippen LogP) is -5.24. The van der Waals surface area contributed by atoms with Gasteiger partial charge in [-0.1, -0.05) is 105 Å². The smallest absolute Gasteiger partial charge is 0.335 e. The third-order valence-electron chi connectivity index (χ3n) is 32.3. The minimum Gasteiger partial charge on any atom is -0.455 e. The molecule has 43 heteroatoms. The number of ether oxygens (including phenoxy) is 17. The molecule has 0 aromatic rings. The Morgan fingerprint density at radius 3 is 1.69 bits per heavy atom. The van der Waals surface area contributed by atoms with E-state index in [1.807, 2.05) is 13.8 Å². The number of aliphatic hydroxyl groups excluding tert-OH is 22. The van der Waals surface area contributed by atoms with Crippen LogP contribution in [0.25, 0.3) is 0 Å². The van der Waals surface area contributed by atoms with E-state index in [1.165, 1.54) is 13.8 Å². The van der Waals surface area contributed by atoms with Gasteiger partial charge >= 0.3 is 11.9 Å². The first-order chi connectivity index (χ1) is 62.6. The van der Waals surface area contributed by atoms with Gasteiger partial charge in [-0.2, -0.15) is 0 Å². The molecule has 13 rings (SSSR count). The van der Waals surface area contributed by atoms with Crippen LogP contribution in [-0.2, 0) is 90.1 Å². The van der Waals surface area contributed by atoms with Crippen molar-refractivity contribution in [2.45, 2.75) is 435 Å². The molecule has 0 spiro atoms. The van der Waals surface area contributed by atoms with E-state index in [9.17, 15) is 127 Å². The summed E-state index contributed by atoms with van der Waals surface area (Å²) in [6, 6.07) is 0. The minimum absolute atomic E-state index is 0.0479. The number of allylic oxidation sites excluding steroid dienone is 1. The van der Waals surface area contributed by atoms with Gasteiger partial charge in [-0.15, -0.1) is 0 Å². The molecule has 0 radical (unpaired) electrons. The number of fused-ring (bicyclic) bond motifs is 7. The van der Waals surface area contributed by atoms with E-state index < -0.39 is 335 Å². The fourth-order valence-corrected chi connectivity index (χ4v) is 23.9. The van der Waals surface area contributed by atoms with Gasteiger partial charge in [0, 0.05) is 17.9 Å². The Hall–Kier alpha value is -2.88. The third-order valence-corrected chi connectivity index (χ3v) is 32.3. The predicted molar refractivity (Wildman–Crippen MR) is 448 cm³/mol. The number of hydrogen-bond acceptors (Lipinski definition) is 43. The fraction of sp³-hybridized carbons (Fsp3) is 0.956. The average molecular weight is 1920 g/mol. The highest BCUT2D eigenvalue weighted by atomic mass is 16.8. The van der Waals surface area contributed by atoms with Crippen LogP contribution in [-0.4, -0.2) is 432 Å². The number of aliphatic hydroxyl groups is 24. The van der Waals surface area contributed by atoms with Crippen molar-refractivity contribution in [1.29, 1.82) is 0 Å². The van der Waals surface area contributed by atoms with Crippen LogP contribution in [0, 0.1) is 50.7 Å². The second-order valence-electron chi connectivity index (χ2n) is 41.9. The Bertz CT molecular complexity index is 3770. The van der Waals surface area contributed by atoms with Crippen LogP contribution in [0.15, 0.2) is 11.6 Å². The van der Waals surface area contributed by atoms with Crippen molar-refractivity contribution in [2.24, 2.45) is 50.7 Å². The van der Waals surface area contributed by atoms with E-state index >= 15 is 4.79 Å². The van der Waals surface area contributed by atoms with Crippen molar-refractivity contribution in [3.63, 3.8) is 0 Å². The Kier molecular flexibility index (Phi) is 35.3. The van der Waals surface area contributed by atoms with Gasteiger partial charge in [0.15, 0.2) is 62.3 Å². The van der Waals surface area contributed by atoms with Gasteiger partial charge in [0.2, 0.25) is 6.29 Å². The Morgan fingerprint density at radius 2 is 1.03 bits per heavy atom. The molecule has 0 aromatic carbocycles. The minimum atomic E-state index is -2.17. The topological polar surface area (TPSA) is 677 Å². The SMILES string of the molecule is CC1OC(OCCCCCCCC(O)CCCCCCC(OC2OCC(O)C(O)C2O)C(=O)OC2C(C)OC(OC(=O)C3CC(C)(C)CC4C5=CCC6C7(C)CC(O)C(OC8OC(COC9OCC(O)C(O)C9O)C(O)C(O)C8O)C(C)(CO)C7CCC6(C)C5(C)CCC34O)C(OC3OC(C)C(OC4OCC(OC5OCC(O)(CO)C5O)C(O)C4O)C(O)C3O)C2O)C(O)C(O)C1O. The summed E-state index contributed by atoms with van der Waals surface area (Å²) >= 11 is 0. The summed E-state index contributed by atoms with van der Waals surface area (Å²) in [6.07, 6.45) is -50.0. The molecule has 4 saturated carbocycles. The molecule has 0 bridgehead atoms. The summed E-state index contributed by atoms with van der Waals surface area (Å²) in [4.78, 5) is 30.8. The normalized spacial score (nSPS) is 49.9. The number of hydrogen-bond donors (Lipinski definition) is 24. The van der Waals surface area contributed by atoms with Crippen LogP contribution in [0.4, 0.5) is 0 Å². The lowest BCUT2D eigenvalue weighted by atomic mass is 9.33. The molecule has 0 aromatic heterocycles. The second kappa shape index (κ2) is 43.7. The molecular weight excluding hydrogens is 1770 g/mol. The molecule has 24 N–H and O–H groups in total. The van der Waals surface area contributed by atoms with Crippen LogP contribution in [0.1, 0.15) is 191 Å². The van der Waals surface area contributed by atoms with Crippen molar-refractivity contribution in [1.82, 2.24) is 0 Å². The molecule has 13 aliphatic rings. The van der Waals surface area contributed by atoms with Crippen LogP contribution in [0.2, 0.25) is 0 Å². The van der Waals surface area contributed by atoms with Gasteiger partial charge in [0.05, 0.1) is 94.4 Å². The van der Waals surface area contributed by atoms with Crippen LogP contribution >= 0.6 is 0 Å². The summed E-state index contributed by atoms with van der Waals surface area (Å²) in [5, 5.41) is 267. The van der Waals surface area contributed by atoms with E-state index in [-0.39, 0.29) is 57.2 Å². The molecule has 133 heavy (non-hydrogen) atoms. The van der Waals surface area contributed by atoms with Gasteiger partial charge in [-0.25, -0.2) is 4.79 Å². The number of carbonyl (C=O) groups excluding carboxylic acids is 2. The summed E-state index contributed by atoms with van der Waals surface area (Å²) in [7, 11) is 0. The Balaban J connectivity index is 0.694. The Morgan fingerprint density at radius 1 is 0.466 bits per heavy atom. The lowest BCUT2D eigenvalue weighted by Gasteiger charge is -2.72. The summed E-state index contributed by atoms with van der Waals surface area (Å²) in [5.41, 5.74) is -6.99. The van der Waals surface area contributed by atoms with E-state index in [4.69, 9.17) is 80.5 Å². The van der Waals surface area contributed by atoms with Crippen molar-refractivity contribution < 1.29 is 213 Å². The zero-order valence-electron chi connectivity index (χ0n) is 77.1. The van der Waals surface area contributed by atoms with Gasteiger partial charge < -0.3 is 203 Å². The van der Waals surface area contributed by atoms with Crippen molar-refractivity contribution in [3.05, 3.63) is 11.6 Å². The summed E-state index contributed by atoms with van der Waals surface area (Å²) < 4.78 is 101. The molecule has 0 amide bonds. The number of esters is 2. The molecule has 12 fully saturated rings. The van der Waals surface area contributed by atoms with E-state index in [0.717, 1.165) is 31.3 Å². The number of rotatable bonds is 35. The maximum Gasteiger partial charge on any atom is 0.335 e. The third kappa shape index (κ3) is 21.8. The quantitative estimate of drug-likeness (QED) is 0.0122. The van der Waals surface area contributed by atoms with Gasteiger partial charge in [-0.05, 0) is 131 Å². The first kappa shape index (κ1) is 107. The van der Waals surface area contributed by atoms with Crippen molar-refractivity contribution in [2.75, 3.05) is 52.9 Å². The summed E-state index contributed by atoms with van der Waals surface area (Å²) in [5.74, 6) is -4.77. The highest BCUT2D eigenvalue weighted by Crippen LogP contribution is 2.76. The van der Waals surface area contributed by atoms with Crippen molar-refractivity contribution >= 4 is 11.9 Å². The van der Waals surface area contributed by atoms with Gasteiger partial charge in [-0.3, -0.25) is 4.79 Å². The van der Waals surface area contributed by atoms with Crippen LogP contribution in [0.3, 0.4) is 0 Å². The molecule has 8 aliphatic heterocycles. The first-order valence-electron chi connectivity index (χ1n) is 47.6. The van der Waals surface area contributed by atoms with Crippen molar-refractivity contribution in [3.8, 4) is 0 Å². The van der Waals surface area contributed by atoms with Gasteiger partial charge in [0.1, 0.15) is 134 Å². The standard InChI is InChI=1S/C90H150O43/c1-39-54(97)59(102)65(108)77(123-39)117-28-18-14-10-11-15-19-42(93)20-16-12-13-17-21-49(126-78-63(106)56(99)48(96)33-119-78)75(114)129-70-41(3)125-82(71(68(70)111)131-80-67(110)61(104)69(40(2)124-80)130-79-64(107)58(101)51(35-121-79)128-83-72(112)89(115,37-92)38-122-83)133-74(113)45-30-84(4,5)29-44-43-22-23-53-85(6)31-46(94)73(86(7,36-91)52(85)24-25-88(53,9)87(43,8)26-27-90(44,45)116)132-81-66(109)60(103)57(100)50(127-81)34-120-76-62(105)55(98)47(95)32-118-76/h22,39-42,44-73,76-83,91-112,115-116H,10-21,23-38H2,1-9H3. The molecule has 768 valence electrons. The molecule has 8 saturated heterocycles. The molecule has 48 unspecified atom stereocenters. The molecule has 43 nitrogen and oxygen atoms in total. The van der Waals surface area contributed by atoms with E-state index in [0.29, 0.717) is 70.6 Å².